The minimum absolute atomic E-state index is 0.0671. The molecule has 1 aliphatic rings. The molecular formula is C18H27FN3O2+. The number of halogens is 1. The van der Waals surface area contributed by atoms with Crippen molar-refractivity contribution < 1.29 is 18.9 Å². The summed E-state index contributed by atoms with van der Waals surface area (Å²) in [5.74, 6) is -0.824. The summed E-state index contributed by atoms with van der Waals surface area (Å²) < 4.78 is 13.0. The van der Waals surface area contributed by atoms with Crippen molar-refractivity contribution in [1.29, 1.82) is 0 Å². The van der Waals surface area contributed by atoms with Crippen LogP contribution in [0.2, 0.25) is 0 Å². The molecule has 2 N–H and O–H groups in total. The summed E-state index contributed by atoms with van der Waals surface area (Å²) in [6.07, 6.45) is 1.15. The molecule has 1 aliphatic heterocycles. The minimum Gasteiger partial charge on any atom is -0.356 e. The summed E-state index contributed by atoms with van der Waals surface area (Å²) in [5.41, 5.74) is 0.641. The maximum atomic E-state index is 13.0. The van der Waals surface area contributed by atoms with Gasteiger partial charge in [-0.3, -0.25) is 9.59 Å². The summed E-state index contributed by atoms with van der Waals surface area (Å²) in [7, 11) is 0. The summed E-state index contributed by atoms with van der Waals surface area (Å²) in [4.78, 5) is 27.4. The maximum absolute atomic E-state index is 13.0. The predicted molar refractivity (Wildman–Crippen MR) is 91.4 cm³/mol. The normalized spacial score (nSPS) is 17.6. The van der Waals surface area contributed by atoms with Crippen molar-refractivity contribution in [3.63, 3.8) is 0 Å². The van der Waals surface area contributed by atoms with Crippen molar-refractivity contribution in [2.75, 3.05) is 37.6 Å². The van der Waals surface area contributed by atoms with Crippen LogP contribution in [-0.2, 0) is 9.59 Å². The van der Waals surface area contributed by atoms with Crippen LogP contribution in [0.15, 0.2) is 24.3 Å². The number of hydrogen-bond acceptors (Lipinski definition) is 2. The van der Waals surface area contributed by atoms with Gasteiger partial charge in [0.2, 0.25) is 11.8 Å². The molecule has 24 heavy (non-hydrogen) atoms. The Hall–Kier alpha value is -1.95. The van der Waals surface area contributed by atoms with Crippen LogP contribution in [0.1, 0.15) is 26.7 Å². The van der Waals surface area contributed by atoms with Gasteiger partial charge in [0.25, 0.3) is 0 Å². The molecule has 6 heteroatoms. The van der Waals surface area contributed by atoms with Crippen LogP contribution >= 0.6 is 0 Å². The number of hydrogen-bond donors (Lipinski definition) is 2. The van der Waals surface area contributed by atoms with E-state index in [0.29, 0.717) is 18.8 Å². The van der Waals surface area contributed by atoms with Gasteiger partial charge < -0.3 is 15.1 Å². The molecule has 0 unspecified atom stereocenters. The van der Waals surface area contributed by atoms with E-state index in [2.05, 4.69) is 19.2 Å². The van der Waals surface area contributed by atoms with Gasteiger partial charge >= 0.3 is 0 Å². The van der Waals surface area contributed by atoms with Crippen LogP contribution in [0, 0.1) is 11.7 Å². The molecule has 0 aromatic heterocycles. The standard InChI is InChI=1S/C18H26FN3O2/c1-3-21(4-2)11-5-10-20-18(24)14-12-17(23)22(13-14)16-8-6-15(19)7-9-16/h6-9,14H,3-5,10-13H2,1-2H3,(H,20,24)/p+1/t14-/m0/s1. The van der Waals surface area contributed by atoms with Gasteiger partial charge in [-0.15, -0.1) is 0 Å². The average molecular weight is 336 g/mol. The highest BCUT2D eigenvalue weighted by molar-refractivity contribution is 6.00. The van der Waals surface area contributed by atoms with Crippen molar-refractivity contribution in [3.05, 3.63) is 30.1 Å². The Bertz CT molecular complexity index is 558. The molecule has 1 heterocycles. The van der Waals surface area contributed by atoms with Crippen LogP contribution in [0.3, 0.4) is 0 Å². The topological polar surface area (TPSA) is 53.9 Å². The van der Waals surface area contributed by atoms with Crippen molar-refractivity contribution in [2.45, 2.75) is 26.7 Å². The Kier molecular flexibility index (Phi) is 6.73. The number of benzene rings is 1. The van der Waals surface area contributed by atoms with Crippen molar-refractivity contribution in [1.82, 2.24) is 5.32 Å². The largest absolute Gasteiger partial charge is 0.356 e. The Morgan fingerprint density at radius 2 is 1.96 bits per heavy atom. The smallest absolute Gasteiger partial charge is 0.227 e. The number of rotatable bonds is 8. The third kappa shape index (κ3) is 4.77. The first-order chi connectivity index (χ1) is 11.5. The fourth-order valence-corrected chi connectivity index (χ4v) is 3.05. The molecule has 1 aromatic carbocycles. The predicted octanol–water partition coefficient (Wildman–Crippen LogP) is 0.610. The highest BCUT2D eigenvalue weighted by Gasteiger charge is 2.34. The minimum atomic E-state index is -0.338. The van der Waals surface area contributed by atoms with Crippen molar-refractivity contribution in [3.8, 4) is 0 Å². The third-order valence-electron chi connectivity index (χ3n) is 4.64. The van der Waals surface area contributed by atoms with Gasteiger partial charge in [-0.2, -0.15) is 0 Å². The molecule has 1 aromatic rings. The molecule has 1 atom stereocenters. The van der Waals surface area contributed by atoms with Crippen LogP contribution in [-0.4, -0.2) is 44.5 Å². The van der Waals surface area contributed by atoms with E-state index < -0.39 is 0 Å². The first-order valence-electron chi connectivity index (χ1n) is 8.72. The number of carbonyl (C=O) groups excluding carboxylic acids is 2. The number of anilines is 1. The molecule has 0 radical (unpaired) electrons. The second-order valence-corrected chi connectivity index (χ2v) is 6.23. The monoisotopic (exact) mass is 336 g/mol. The number of carbonyl (C=O) groups is 2. The van der Waals surface area contributed by atoms with E-state index in [-0.39, 0.29) is 30.0 Å². The maximum Gasteiger partial charge on any atom is 0.227 e. The zero-order chi connectivity index (χ0) is 17.5. The second kappa shape index (κ2) is 8.78. The lowest BCUT2D eigenvalue weighted by Crippen LogP contribution is -3.11. The van der Waals surface area contributed by atoms with Crippen LogP contribution in [0.5, 0.6) is 0 Å². The van der Waals surface area contributed by atoms with Gasteiger partial charge in [-0.25, -0.2) is 4.39 Å². The fraction of sp³-hybridized carbons (Fsp3) is 0.556. The number of quaternary nitrogens is 1. The zero-order valence-corrected chi connectivity index (χ0v) is 14.5. The Morgan fingerprint density at radius 3 is 2.58 bits per heavy atom. The van der Waals surface area contributed by atoms with E-state index >= 15 is 0 Å². The highest BCUT2D eigenvalue weighted by Crippen LogP contribution is 2.25. The van der Waals surface area contributed by atoms with E-state index in [9.17, 15) is 14.0 Å². The Balaban J connectivity index is 1.80. The van der Waals surface area contributed by atoms with E-state index in [1.807, 2.05) is 0 Å². The summed E-state index contributed by atoms with van der Waals surface area (Å²) >= 11 is 0. The van der Waals surface area contributed by atoms with Crippen LogP contribution < -0.4 is 15.1 Å². The van der Waals surface area contributed by atoms with E-state index in [4.69, 9.17) is 0 Å². The van der Waals surface area contributed by atoms with Crippen LogP contribution in [0.25, 0.3) is 0 Å². The molecule has 0 bridgehead atoms. The lowest BCUT2D eigenvalue weighted by atomic mass is 10.1. The Labute approximate surface area is 142 Å². The molecule has 0 spiro atoms. The Morgan fingerprint density at radius 1 is 1.29 bits per heavy atom. The van der Waals surface area contributed by atoms with E-state index in [1.165, 1.54) is 17.0 Å². The molecule has 2 rings (SSSR count). The van der Waals surface area contributed by atoms with Crippen molar-refractivity contribution >= 4 is 17.5 Å². The second-order valence-electron chi connectivity index (χ2n) is 6.23. The summed E-state index contributed by atoms with van der Waals surface area (Å²) in [6.45, 7) is 8.54. The average Bonchev–Trinajstić information content (AvgIpc) is 2.97. The summed E-state index contributed by atoms with van der Waals surface area (Å²) in [6, 6.07) is 5.79. The van der Waals surface area contributed by atoms with Gasteiger partial charge in [-0.05, 0) is 38.1 Å². The van der Waals surface area contributed by atoms with Gasteiger partial charge in [-0.1, -0.05) is 0 Å². The molecule has 2 amide bonds. The van der Waals surface area contributed by atoms with Gasteiger partial charge in [0.1, 0.15) is 5.82 Å². The molecule has 132 valence electrons. The number of nitrogens with zero attached hydrogens (tertiary/aromatic N) is 1. The van der Waals surface area contributed by atoms with E-state index in [1.54, 1.807) is 17.0 Å². The third-order valence-corrected chi connectivity index (χ3v) is 4.64. The lowest BCUT2D eigenvalue weighted by molar-refractivity contribution is -0.896. The zero-order valence-electron chi connectivity index (χ0n) is 14.5. The summed E-state index contributed by atoms with van der Waals surface area (Å²) in [5, 5.41) is 2.94. The molecule has 1 fully saturated rings. The molecule has 0 aliphatic carbocycles. The number of nitrogens with one attached hydrogen (secondary N) is 2. The van der Waals surface area contributed by atoms with Gasteiger partial charge in [0, 0.05) is 31.6 Å². The first kappa shape index (κ1) is 18.4. The molecule has 1 saturated heterocycles. The van der Waals surface area contributed by atoms with Crippen LogP contribution in [0.4, 0.5) is 10.1 Å². The highest BCUT2D eigenvalue weighted by atomic mass is 19.1. The fourth-order valence-electron chi connectivity index (χ4n) is 3.05. The first-order valence-corrected chi connectivity index (χ1v) is 8.72. The number of amides is 2. The van der Waals surface area contributed by atoms with Gasteiger partial charge in [0.15, 0.2) is 0 Å². The van der Waals surface area contributed by atoms with Gasteiger partial charge in [0.05, 0.1) is 25.6 Å². The lowest BCUT2D eigenvalue weighted by Gasteiger charge is -2.17. The molecular weight excluding hydrogens is 309 g/mol. The van der Waals surface area contributed by atoms with E-state index in [0.717, 1.165) is 26.1 Å². The molecule has 5 nitrogen and oxygen atoms in total. The quantitative estimate of drug-likeness (QED) is 0.684. The van der Waals surface area contributed by atoms with Crippen molar-refractivity contribution in [2.24, 2.45) is 5.92 Å². The SMILES string of the molecule is CC[NH+](CC)CCCNC(=O)[C@H]1CC(=O)N(c2ccc(F)cc2)C1. The molecule has 0 saturated carbocycles.